The minimum Gasteiger partial charge on any atom is -0.353 e. The van der Waals surface area contributed by atoms with E-state index >= 15 is 0 Å². The minimum atomic E-state index is -0.0849. The molecule has 1 unspecified atom stereocenters. The molecule has 0 aliphatic carbocycles. The Morgan fingerprint density at radius 3 is 2.95 bits per heavy atom. The number of hydrogen-bond acceptors (Lipinski definition) is 5. The van der Waals surface area contributed by atoms with Crippen molar-refractivity contribution in [1.29, 1.82) is 0 Å². The minimum absolute atomic E-state index is 0.0849. The Labute approximate surface area is 124 Å². The van der Waals surface area contributed by atoms with Crippen LogP contribution in [0.3, 0.4) is 0 Å². The second kappa shape index (κ2) is 6.10. The van der Waals surface area contributed by atoms with Crippen LogP contribution in [0.4, 0.5) is 5.13 Å². The Morgan fingerprint density at radius 2 is 2.30 bits per heavy atom. The normalized spacial score (nSPS) is 20.1. The fourth-order valence-corrected chi connectivity index (χ4v) is 3.14. The molecule has 20 heavy (non-hydrogen) atoms. The van der Waals surface area contributed by atoms with Crippen molar-refractivity contribution in [2.75, 3.05) is 18.0 Å². The highest BCUT2D eigenvalue weighted by Gasteiger charge is 2.29. The van der Waals surface area contributed by atoms with E-state index in [2.05, 4.69) is 41.3 Å². The first-order chi connectivity index (χ1) is 9.40. The first-order valence-corrected chi connectivity index (χ1v) is 7.96. The Kier molecular flexibility index (Phi) is 4.65. The molecule has 2 N–H and O–H groups in total. The first-order valence-electron chi connectivity index (χ1n) is 7.15. The molecule has 0 saturated carbocycles. The van der Waals surface area contributed by atoms with Crippen molar-refractivity contribution in [1.82, 2.24) is 15.6 Å². The van der Waals surface area contributed by atoms with Crippen LogP contribution in [0.25, 0.3) is 0 Å². The van der Waals surface area contributed by atoms with Gasteiger partial charge in [0.15, 0.2) is 5.13 Å². The lowest BCUT2D eigenvalue weighted by atomic mass is 10.1. The number of aromatic nitrogens is 1. The van der Waals surface area contributed by atoms with E-state index in [4.69, 9.17) is 0 Å². The molecule has 1 amide bonds. The number of nitrogens with one attached hydrogen (secondary N) is 2. The van der Waals surface area contributed by atoms with E-state index in [0.29, 0.717) is 6.54 Å². The topological polar surface area (TPSA) is 57.3 Å². The average Bonchev–Trinajstić information content (AvgIpc) is 2.84. The number of rotatable bonds is 4. The molecule has 1 aliphatic heterocycles. The largest absolute Gasteiger partial charge is 0.353 e. The summed E-state index contributed by atoms with van der Waals surface area (Å²) in [6, 6.07) is -0.0849. The average molecular weight is 296 g/mol. The van der Waals surface area contributed by atoms with Gasteiger partial charge >= 0.3 is 0 Å². The first kappa shape index (κ1) is 15.3. The van der Waals surface area contributed by atoms with Crippen molar-refractivity contribution >= 4 is 22.4 Å². The fraction of sp³-hybridized carbons (Fsp3) is 0.714. The summed E-state index contributed by atoms with van der Waals surface area (Å²) in [6.07, 6.45) is 2.72. The van der Waals surface area contributed by atoms with E-state index in [1.807, 2.05) is 13.1 Å². The highest BCUT2D eigenvalue weighted by Crippen LogP contribution is 2.26. The Bertz CT molecular complexity index is 466. The molecule has 2 rings (SSSR count). The number of nitrogens with zero attached hydrogens (tertiary/aromatic N) is 2. The summed E-state index contributed by atoms with van der Waals surface area (Å²) in [6.45, 7) is 10.8. The summed E-state index contributed by atoms with van der Waals surface area (Å²) in [5, 5.41) is 7.34. The highest BCUT2D eigenvalue weighted by atomic mass is 32.1. The summed E-state index contributed by atoms with van der Waals surface area (Å²) in [5.74, 6) is 0.114. The second-order valence-electron chi connectivity index (χ2n) is 6.12. The van der Waals surface area contributed by atoms with Crippen LogP contribution < -0.4 is 15.5 Å². The molecule has 2 heterocycles. The third-order valence-electron chi connectivity index (χ3n) is 3.30. The van der Waals surface area contributed by atoms with Crippen LogP contribution >= 0.6 is 11.3 Å². The number of amides is 1. The van der Waals surface area contributed by atoms with Gasteiger partial charge in [-0.3, -0.25) is 4.79 Å². The van der Waals surface area contributed by atoms with Gasteiger partial charge in [-0.15, -0.1) is 11.3 Å². The van der Waals surface area contributed by atoms with Crippen molar-refractivity contribution in [3.05, 3.63) is 11.1 Å². The monoisotopic (exact) mass is 296 g/mol. The SMILES string of the molecule is CCC1C(=O)NCCN1c1ncc(CNC(C)(C)C)s1. The van der Waals surface area contributed by atoms with Crippen LogP contribution in [0.1, 0.15) is 39.0 Å². The highest BCUT2D eigenvalue weighted by molar-refractivity contribution is 7.15. The van der Waals surface area contributed by atoms with Gasteiger partial charge in [-0.25, -0.2) is 4.98 Å². The molecule has 5 nitrogen and oxygen atoms in total. The third kappa shape index (κ3) is 3.70. The molecule has 1 fully saturated rings. The van der Waals surface area contributed by atoms with Crippen molar-refractivity contribution in [2.24, 2.45) is 0 Å². The molecular formula is C14H24N4OS. The molecule has 0 bridgehead atoms. The lowest BCUT2D eigenvalue weighted by molar-refractivity contribution is -0.123. The maximum absolute atomic E-state index is 11.9. The van der Waals surface area contributed by atoms with Crippen molar-refractivity contribution in [2.45, 2.75) is 52.2 Å². The van der Waals surface area contributed by atoms with Crippen molar-refractivity contribution in [3.63, 3.8) is 0 Å². The molecule has 1 atom stereocenters. The Balaban J connectivity index is 2.05. The summed E-state index contributed by atoms with van der Waals surface area (Å²) in [7, 11) is 0. The molecule has 0 aromatic carbocycles. The number of hydrogen-bond donors (Lipinski definition) is 2. The van der Waals surface area contributed by atoms with Crippen LogP contribution in [0, 0.1) is 0 Å². The van der Waals surface area contributed by atoms with E-state index in [1.54, 1.807) is 11.3 Å². The number of thiazole rings is 1. The number of anilines is 1. The van der Waals surface area contributed by atoms with Gasteiger partial charge in [0.2, 0.25) is 5.91 Å². The Hall–Kier alpha value is -1.14. The summed E-state index contributed by atoms with van der Waals surface area (Å²) in [5.41, 5.74) is 0.0983. The number of piperazine rings is 1. The Morgan fingerprint density at radius 1 is 1.55 bits per heavy atom. The van der Waals surface area contributed by atoms with Gasteiger partial charge in [-0.1, -0.05) is 6.92 Å². The molecule has 1 saturated heterocycles. The van der Waals surface area contributed by atoms with Gasteiger partial charge in [0.25, 0.3) is 0 Å². The predicted octanol–water partition coefficient (Wildman–Crippen LogP) is 1.75. The van der Waals surface area contributed by atoms with Crippen molar-refractivity contribution in [3.8, 4) is 0 Å². The smallest absolute Gasteiger partial charge is 0.242 e. The van der Waals surface area contributed by atoms with Gasteiger partial charge in [0.1, 0.15) is 6.04 Å². The van der Waals surface area contributed by atoms with Crippen LogP contribution in [-0.2, 0) is 11.3 Å². The number of carbonyl (C=O) groups excluding carboxylic acids is 1. The lowest BCUT2D eigenvalue weighted by Gasteiger charge is -2.34. The second-order valence-corrected chi connectivity index (χ2v) is 7.21. The summed E-state index contributed by atoms with van der Waals surface area (Å²) in [4.78, 5) is 19.7. The van der Waals surface area contributed by atoms with E-state index in [1.165, 1.54) is 4.88 Å². The molecule has 1 aromatic heterocycles. The molecule has 0 spiro atoms. The van der Waals surface area contributed by atoms with Crippen LogP contribution in [0.15, 0.2) is 6.20 Å². The van der Waals surface area contributed by atoms with Crippen molar-refractivity contribution < 1.29 is 4.79 Å². The van der Waals surface area contributed by atoms with Gasteiger partial charge in [0.05, 0.1) is 0 Å². The van der Waals surface area contributed by atoms with Gasteiger partial charge in [0, 0.05) is 36.2 Å². The van der Waals surface area contributed by atoms with Gasteiger partial charge < -0.3 is 15.5 Å². The maximum Gasteiger partial charge on any atom is 0.242 e. The predicted molar refractivity (Wildman–Crippen MR) is 83.1 cm³/mol. The zero-order valence-corrected chi connectivity index (χ0v) is 13.5. The van der Waals surface area contributed by atoms with Crippen LogP contribution in [0.5, 0.6) is 0 Å². The molecular weight excluding hydrogens is 272 g/mol. The maximum atomic E-state index is 11.9. The quantitative estimate of drug-likeness (QED) is 0.889. The summed E-state index contributed by atoms with van der Waals surface area (Å²) >= 11 is 1.67. The third-order valence-corrected chi connectivity index (χ3v) is 4.33. The molecule has 6 heteroatoms. The van der Waals surface area contributed by atoms with E-state index in [0.717, 1.165) is 24.6 Å². The molecule has 1 aromatic rings. The van der Waals surface area contributed by atoms with E-state index in [9.17, 15) is 4.79 Å². The molecule has 0 radical (unpaired) electrons. The fourth-order valence-electron chi connectivity index (χ4n) is 2.21. The van der Waals surface area contributed by atoms with Crippen LogP contribution in [0.2, 0.25) is 0 Å². The van der Waals surface area contributed by atoms with E-state index < -0.39 is 0 Å². The molecule has 1 aliphatic rings. The zero-order chi connectivity index (χ0) is 14.8. The molecule has 112 valence electrons. The van der Waals surface area contributed by atoms with Gasteiger partial charge in [-0.05, 0) is 27.2 Å². The zero-order valence-electron chi connectivity index (χ0n) is 12.7. The van der Waals surface area contributed by atoms with Crippen LogP contribution in [-0.4, -0.2) is 35.6 Å². The standard InChI is InChI=1S/C14H24N4OS/c1-5-11-12(19)15-6-7-18(11)13-16-8-10(20-13)9-17-14(2,3)4/h8,11,17H,5-7,9H2,1-4H3,(H,15,19). The lowest BCUT2D eigenvalue weighted by Crippen LogP contribution is -2.55. The van der Waals surface area contributed by atoms with E-state index in [-0.39, 0.29) is 17.5 Å². The number of carbonyl (C=O) groups is 1. The van der Waals surface area contributed by atoms with Gasteiger partial charge in [-0.2, -0.15) is 0 Å². The summed E-state index contributed by atoms with van der Waals surface area (Å²) < 4.78 is 0.